The van der Waals surface area contributed by atoms with Crippen molar-refractivity contribution in [2.45, 2.75) is 0 Å². The summed E-state index contributed by atoms with van der Waals surface area (Å²) < 4.78 is 6.88. The van der Waals surface area contributed by atoms with Crippen LogP contribution in [0.15, 0.2) is 17.4 Å². The molecule has 0 radical (unpaired) electrons. The predicted molar refractivity (Wildman–Crippen MR) is 50.6 cm³/mol. The van der Waals surface area contributed by atoms with Gasteiger partial charge in [-0.15, -0.1) is 0 Å². The van der Waals surface area contributed by atoms with Crippen LogP contribution in [0.25, 0.3) is 11.2 Å². The highest BCUT2D eigenvalue weighted by molar-refractivity contribution is 5.83. The SMILES string of the molecule is COC(=O)n1cnc2c(=O)n(C)cnc21. The molecule has 7 nitrogen and oxygen atoms in total. The van der Waals surface area contributed by atoms with Gasteiger partial charge in [0.25, 0.3) is 5.56 Å². The summed E-state index contributed by atoms with van der Waals surface area (Å²) in [5.74, 6) is 0. The van der Waals surface area contributed by atoms with Gasteiger partial charge in [0.15, 0.2) is 11.2 Å². The van der Waals surface area contributed by atoms with E-state index in [1.807, 2.05) is 0 Å². The highest BCUT2D eigenvalue weighted by Gasteiger charge is 2.13. The zero-order chi connectivity index (χ0) is 11.0. The summed E-state index contributed by atoms with van der Waals surface area (Å²) in [6.07, 6.45) is 1.91. The average molecular weight is 208 g/mol. The summed E-state index contributed by atoms with van der Waals surface area (Å²) in [5.41, 5.74) is 0.0398. The van der Waals surface area contributed by atoms with E-state index in [-0.39, 0.29) is 16.7 Å². The zero-order valence-electron chi connectivity index (χ0n) is 8.17. The Balaban J connectivity index is 2.78. The van der Waals surface area contributed by atoms with Crippen LogP contribution in [0.3, 0.4) is 0 Å². The lowest BCUT2D eigenvalue weighted by Gasteiger charge is -1.99. The quantitative estimate of drug-likeness (QED) is 0.596. The van der Waals surface area contributed by atoms with Gasteiger partial charge in [0.2, 0.25) is 0 Å². The van der Waals surface area contributed by atoms with Crippen LogP contribution in [0.2, 0.25) is 0 Å². The van der Waals surface area contributed by atoms with Crippen molar-refractivity contribution in [2.24, 2.45) is 7.05 Å². The molecule has 78 valence electrons. The first-order valence-electron chi connectivity index (χ1n) is 4.12. The van der Waals surface area contributed by atoms with Gasteiger partial charge in [0.1, 0.15) is 6.33 Å². The van der Waals surface area contributed by atoms with E-state index in [0.717, 1.165) is 4.57 Å². The van der Waals surface area contributed by atoms with Gasteiger partial charge >= 0.3 is 6.09 Å². The van der Waals surface area contributed by atoms with Crippen molar-refractivity contribution in [1.29, 1.82) is 0 Å². The number of ether oxygens (including phenoxy) is 1. The number of aromatic nitrogens is 4. The second kappa shape index (κ2) is 3.19. The highest BCUT2D eigenvalue weighted by Crippen LogP contribution is 2.04. The molecule has 0 atom stereocenters. The summed E-state index contributed by atoms with van der Waals surface area (Å²) >= 11 is 0. The second-order valence-electron chi connectivity index (χ2n) is 2.92. The van der Waals surface area contributed by atoms with Crippen molar-refractivity contribution < 1.29 is 9.53 Å². The van der Waals surface area contributed by atoms with Gasteiger partial charge in [-0.25, -0.2) is 19.3 Å². The molecule has 2 aromatic rings. The normalized spacial score (nSPS) is 10.5. The van der Waals surface area contributed by atoms with Crippen LogP contribution in [0.4, 0.5) is 4.79 Å². The molecule has 0 saturated carbocycles. The Bertz CT molecular complexity index is 583. The van der Waals surface area contributed by atoms with E-state index in [0.29, 0.717) is 0 Å². The monoisotopic (exact) mass is 208 g/mol. The Morgan fingerprint density at radius 2 is 2.13 bits per heavy atom. The van der Waals surface area contributed by atoms with E-state index < -0.39 is 6.09 Å². The Hall–Kier alpha value is -2.18. The second-order valence-corrected chi connectivity index (χ2v) is 2.92. The van der Waals surface area contributed by atoms with Gasteiger partial charge in [-0.1, -0.05) is 0 Å². The van der Waals surface area contributed by atoms with E-state index in [1.54, 1.807) is 7.05 Å². The summed E-state index contributed by atoms with van der Waals surface area (Å²) in [7, 11) is 2.81. The molecule has 0 bridgehead atoms. The molecule has 0 spiro atoms. The number of nitrogens with zero attached hydrogens (tertiary/aromatic N) is 4. The van der Waals surface area contributed by atoms with Crippen LogP contribution in [0.1, 0.15) is 0 Å². The lowest BCUT2D eigenvalue weighted by atomic mass is 10.5. The fourth-order valence-corrected chi connectivity index (χ4v) is 1.21. The van der Waals surface area contributed by atoms with Gasteiger partial charge in [-0.3, -0.25) is 4.79 Å². The smallest absolute Gasteiger partial charge is 0.420 e. The first-order chi connectivity index (χ1) is 7.15. The molecule has 0 fully saturated rings. The van der Waals surface area contributed by atoms with Gasteiger partial charge < -0.3 is 9.30 Å². The van der Waals surface area contributed by atoms with E-state index in [4.69, 9.17) is 0 Å². The van der Waals surface area contributed by atoms with Crippen molar-refractivity contribution in [3.8, 4) is 0 Å². The summed E-state index contributed by atoms with van der Waals surface area (Å²) in [6.45, 7) is 0. The minimum atomic E-state index is -0.627. The summed E-state index contributed by atoms with van der Waals surface area (Å²) in [6, 6.07) is 0. The maximum atomic E-state index is 11.5. The third-order valence-electron chi connectivity index (χ3n) is 1.99. The van der Waals surface area contributed by atoms with Crippen molar-refractivity contribution >= 4 is 17.3 Å². The molecule has 0 amide bonds. The Morgan fingerprint density at radius 1 is 1.40 bits per heavy atom. The number of carbonyl (C=O) groups is 1. The molecular weight excluding hydrogens is 200 g/mol. The molecule has 0 aliphatic carbocycles. The van der Waals surface area contributed by atoms with E-state index in [9.17, 15) is 9.59 Å². The predicted octanol–water partition coefficient (Wildman–Crippen LogP) is -0.256. The lowest BCUT2D eigenvalue weighted by Crippen LogP contribution is -2.18. The Labute approximate surface area is 83.9 Å². The number of aryl methyl sites for hydroxylation is 1. The first-order valence-corrected chi connectivity index (χ1v) is 4.12. The fourth-order valence-electron chi connectivity index (χ4n) is 1.21. The third-order valence-corrected chi connectivity index (χ3v) is 1.99. The number of rotatable bonds is 0. The van der Waals surface area contributed by atoms with Gasteiger partial charge in [-0.05, 0) is 0 Å². The minimum Gasteiger partial charge on any atom is -0.452 e. The molecule has 0 N–H and O–H groups in total. The third kappa shape index (κ3) is 1.28. The molecule has 0 saturated heterocycles. The molecule has 0 aliphatic heterocycles. The van der Waals surface area contributed by atoms with Crippen molar-refractivity contribution in [3.63, 3.8) is 0 Å². The largest absolute Gasteiger partial charge is 0.452 e. The molecule has 2 heterocycles. The number of fused-ring (bicyclic) bond motifs is 1. The van der Waals surface area contributed by atoms with Crippen molar-refractivity contribution in [1.82, 2.24) is 19.1 Å². The minimum absolute atomic E-state index is 0.144. The summed E-state index contributed by atoms with van der Waals surface area (Å²) in [4.78, 5) is 30.5. The van der Waals surface area contributed by atoms with Crippen LogP contribution in [-0.2, 0) is 11.8 Å². The number of methoxy groups -OCH3 is 1. The van der Waals surface area contributed by atoms with Crippen LogP contribution in [0, 0.1) is 0 Å². The van der Waals surface area contributed by atoms with E-state index in [1.165, 1.54) is 24.3 Å². The van der Waals surface area contributed by atoms with Crippen LogP contribution < -0.4 is 5.56 Å². The number of hydrogen-bond acceptors (Lipinski definition) is 5. The fraction of sp³-hybridized carbons (Fsp3) is 0.250. The van der Waals surface area contributed by atoms with E-state index >= 15 is 0 Å². The zero-order valence-corrected chi connectivity index (χ0v) is 8.17. The maximum absolute atomic E-state index is 11.5. The molecular formula is C8H8N4O3. The van der Waals surface area contributed by atoms with Crippen LogP contribution in [0.5, 0.6) is 0 Å². The molecule has 0 aromatic carbocycles. The van der Waals surface area contributed by atoms with Gasteiger partial charge in [0, 0.05) is 7.05 Å². The number of imidazole rings is 1. The molecule has 15 heavy (non-hydrogen) atoms. The molecule has 2 rings (SSSR count). The Morgan fingerprint density at radius 3 is 2.80 bits per heavy atom. The lowest BCUT2D eigenvalue weighted by molar-refractivity contribution is 0.173. The molecule has 0 unspecified atom stereocenters. The highest BCUT2D eigenvalue weighted by atomic mass is 16.5. The van der Waals surface area contributed by atoms with E-state index in [2.05, 4.69) is 14.7 Å². The standard InChI is InChI=1S/C8H8N4O3/c1-11-3-10-6-5(7(11)13)9-4-12(6)8(14)15-2/h3-4H,1-2H3. The summed E-state index contributed by atoms with van der Waals surface area (Å²) in [5, 5.41) is 0. The van der Waals surface area contributed by atoms with Gasteiger partial charge in [-0.2, -0.15) is 0 Å². The Kier molecular flexibility index (Phi) is 2.00. The van der Waals surface area contributed by atoms with Crippen molar-refractivity contribution in [2.75, 3.05) is 7.11 Å². The first kappa shape index (κ1) is 9.38. The number of carbonyl (C=O) groups excluding carboxylic acids is 1. The van der Waals surface area contributed by atoms with Crippen molar-refractivity contribution in [3.05, 3.63) is 23.0 Å². The topological polar surface area (TPSA) is 79.0 Å². The van der Waals surface area contributed by atoms with Crippen LogP contribution >= 0.6 is 0 Å². The molecule has 0 aliphatic rings. The van der Waals surface area contributed by atoms with Gasteiger partial charge in [0.05, 0.1) is 13.4 Å². The van der Waals surface area contributed by atoms with Crippen LogP contribution in [-0.4, -0.2) is 32.3 Å². The maximum Gasteiger partial charge on any atom is 0.420 e. The number of hydrogen-bond donors (Lipinski definition) is 0. The molecule has 2 aromatic heterocycles. The molecule has 7 heteroatoms. The average Bonchev–Trinajstić information content (AvgIpc) is 2.66.